The lowest BCUT2D eigenvalue weighted by molar-refractivity contribution is -0.381. The van der Waals surface area contributed by atoms with Crippen LogP contribution in [0.1, 0.15) is 70.8 Å². The third-order valence-corrected chi connectivity index (χ3v) is 21.2. The molecule has 3 aliphatic rings. The number of rotatable bonds is 39. The van der Waals surface area contributed by atoms with Crippen molar-refractivity contribution in [3.05, 3.63) is 399 Å². The van der Waals surface area contributed by atoms with Crippen LogP contribution in [0.3, 0.4) is 0 Å². The third-order valence-electron chi connectivity index (χ3n) is 20.0. The molecule has 3 saturated heterocycles. The van der Waals surface area contributed by atoms with Crippen LogP contribution >= 0.6 is 11.8 Å². The lowest BCUT2D eigenvalue weighted by Crippen LogP contribution is -2.67. The minimum atomic E-state index is -1.63. The molecule has 0 unspecified atom stereocenters. The first-order valence-corrected chi connectivity index (χ1v) is 39.9. The second-order valence-corrected chi connectivity index (χ2v) is 29.4. The monoisotopic (exact) mass is 1580 g/mol. The van der Waals surface area contributed by atoms with Gasteiger partial charge in [-0.25, -0.2) is 9.59 Å². The summed E-state index contributed by atoms with van der Waals surface area (Å²) in [4.78, 5) is 34.3. The van der Waals surface area contributed by atoms with E-state index in [9.17, 15) is 10.3 Å². The number of benzene rings is 11. The molecule has 0 bridgehead atoms. The van der Waals surface area contributed by atoms with Crippen molar-refractivity contribution in [2.24, 2.45) is 5.11 Å². The molecular formula is C95H93N3O17S. The van der Waals surface area contributed by atoms with Gasteiger partial charge in [-0.2, -0.15) is 0 Å². The highest BCUT2D eigenvalue weighted by Crippen LogP contribution is 2.42. The van der Waals surface area contributed by atoms with Gasteiger partial charge in [0.1, 0.15) is 66.5 Å². The maximum Gasteiger partial charge on any atom is 0.338 e. The van der Waals surface area contributed by atoms with Crippen LogP contribution < -0.4 is 0 Å². The number of nitrogens with zero attached hydrogens (tertiary/aromatic N) is 3. The first-order chi connectivity index (χ1) is 57.3. The van der Waals surface area contributed by atoms with Crippen LogP contribution in [0.4, 0.5) is 0 Å². The number of azide groups is 1. The summed E-state index contributed by atoms with van der Waals surface area (Å²) in [5.41, 5.74) is 16.4. The van der Waals surface area contributed by atoms with Crippen molar-refractivity contribution in [2.45, 2.75) is 156 Å². The van der Waals surface area contributed by atoms with Crippen LogP contribution in [0.25, 0.3) is 10.4 Å². The molecule has 0 aromatic heterocycles. The van der Waals surface area contributed by atoms with Crippen LogP contribution in [0.5, 0.6) is 0 Å². The molecule has 0 aliphatic carbocycles. The zero-order valence-electron chi connectivity index (χ0n) is 64.0. The summed E-state index contributed by atoms with van der Waals surface area (Å²) < 4.78 is 109. The summed E-state index contributed by atoms with van der Waals surface area (Å²) in [6.07, 6.45) is -16.9. The fourth-order valence-electron chi connectivity index (χ4n) is 14.2. The van der Waals surface area contributed by atoms with Gasteiger partial charge in [-0.05, 0) is 85.9 Å². The van der Waals surface area contributed by atoms with Crippen molar-refractivity contribution in [1.82, 2.24) is 0 Å². The molecular weight excluding hydrogens is 1490 g/mol. The Bertz CT molecular complexity index is 4760. The van der Waals surface area contributed by atoms with Crippen LogP contribution in [-0.4, -0.2) is 123 Å². The Balaban J connectivity index is 0.920. The fraction of sp³-hybridized carbons (Fsp3) is 0.284. The molecule has 0 amide bonds. The molecule has 596 valence electrons. The Hall–Kier alpha value is -10.5. The van der Waals surface area contributed by atoms with E-state index in [0.717, 1.165) is 49.4 Å². The van der Waals surface area contributed by atoms with Gasteiger partial charge in [-0.3, -0.25) is 0 Å². The lowest BCUT2D eigenvalue weighted by Gasteiger charge is -2.50. The van der Waals surface area contributed by atoms with Gasteiger partial charge in [0.05, 0.1) is 90.3 Å². The summed E-state index contributed by atoms with van der Waals surface area (Å²) in [5.74, 6) is -1.41. The summed E-state index contributed by atoms with van der Waals surface area (Å²) in [5, 5.41) is 3.88. The van der Waals surface area contributed by atoms with Crippen molar-refractivity contribution in [2.75, 3.05) is 19.8 Å². The number of carbonyl (C=O) groups excluding carboxylic acids is 2. The van der Waals surface area contributed by atoms with E-state index in [4.69, 9.17) is 71.1 Å². The number of carbonyl (C=O) groups is 2. The Morgan fingerprint density at radius 3 is 1.06 bits per heavy atom. The molecule has 3 heterocycles. The number of ether oxygens (including phenoxy) is 15. The van der Waals surface area contributed by atoms with Gasteiger partial charge in [0.15, 0.2) is 24.8 Å². The minimum absolute atomic E-state index is 0.00447. The molecule has 21 heteroatoms. The predicted molar refractivity (Wildman–Crippen MR) is 436 cm³/mol. The smallest absolute Gasteiger partial charge is 0.338 e. The van der Waals surface area contributed by atoms with E-state index in [-0.39, 0.29) is 84.8 Å². The van der Waals surface area contributed by atoms with E-state index in [1.54, 1.807) is 48.5 Å². The van der Waals surface area contributed by atoms with Crippen LogP contribution in [0.2, 0.25) is 0 Å². The van der Waals surface area contributed by atoms with Gasteiger partial charge < -0.3 is 71.1 Å². The van der Waals surface area contributed by atoms with Crippen LogP contribution in [0, 0.1) is 0 Å². The summed E-state index contributed by atoms with van der Waals surface area (Å²) in [6, 6.07) is 103. The first-order valence-electron chi connectivity index (χ1n) is 39.0. The second kappa shape index (κ2) is 43.5. The maximum absolute atomic E-state index is 15.7. The van der Waals surface area contributed by atoms with Gasteiger partial charge in [0.25, 0.3) is 0 Å². The van der Waals surface area contributed by atoms with E-state index in [2.05, 4.69) is 10.0 Å². The molecule has 3 aliphatic heterocycles. The standard InChI is InChI=1S/C95H93N3O17S/c96-98-97-55-76-51-31-32-54-78(76)92(100)113-89-86(107-62-73-45-23-7-24-46-73)83(104-59-70-39-17-4-18-40-70)80(65-102-57-68-35-13-2-14-36-68)111-94(89)115-88-85(106-61-72-43-21-6-22-44-72)82(103-58-69-37-15-3-16-38-69)79(64-101-56-67-33-11-1-12-34-67)110-93(88)109-66-81-84(105-60-71-41-19-5-20-42-71)87(108-63-74-47-25-8-26-48-74)90(114-91(99)75-49-27-9-28-50-75)95(112-81)116-77-52-29-10-30-53-77/h1-54,79-90,93-95H,55-66H2/t79-,80-,81-,82-,83-,84-,85+,86+,87+,88+,89+,90+,93+,94-,95-/m1/s1. The fourth-order valence-corrected chi connectivity index (χ4v) is 15.3. The highest BCUT2D eigenvalue weighted by Gasteiger charge is 2.57. The van der Waals surface area contributed by atoms with Crippen molar-refractivity contribution >= 4 is 23.7 Å². The SMILES string of the molecule is [N-]=[N+]=NCc1ccccc1C(=O)O[C@@H]1[C@@H](O[C@@H]2[C@@H](OC[C@H]3O[C@H](Sc4ccccc4)[C@@H](OC(=O)c4ccccc4)[C@@H](OCc4ccccc4)[C@@H]3OCc3ccccc3)O[C@H](COCc3ccccc3)[C@@H](OCc3ccccc3)[C@@H]2OCc2ccccc2)O[C@H](COCc2ccccc2)[C@@H](OCc2ccccc2)[C@@H]1OCc1ccccc1. The molecule has 0 saturated carbocycles. The summed E-state index contributed by atoms with van der Waals surface area (Å²) in [7, 11) is 0. The topological polar surface area (TPSA) is 221 Å². The quantitative estimate of drug-likeness (QED) is 0.0151. The van der Waals surface area contributed by atoms with E-state index in [1.165, 1.54) is 11.8 Å². The Morgan fingerprint density at radius 1 is 0.319 bits per heavy atom. The normalized spacial score (nSPS) is 23.2. The van der Waals surface area contributed by atoms with E-state index < -0.39 is 103 Å². The number of thioether (sulfide) groups is 1. The number of esters is 2. The van der Waals surface area contributed by atoms with E-state index >= 15 is 4.79 Å². The highest BCUT2D eigenvalue weighted by atomic mass is 32.2. The van der Waals surface area contributed by atoms with Crippen molar-refractivity contribution in [3.63, 3.8) is 0 Å². The summed E-state index contributed by atoms with van der Waals surface area (Å²) in [6.45, 7) is 0.0941. The molecule has 11 aromatic carbocycles. The molecule has 14 rings (SSSR count). The van der Waals surface area contributed by atoms with Gasteiger partial charge in [0.2, 0.25) is 0 Å². The molecule has 15 atom stereocenters. The Kier molecular flexibility index (Phi) is 30.7. The van der Waals surface area contributed by atoms with E-state index in [1.807, 2.05) is 279 Å². The zero-order chi connectivity index (χ0) is 79.1. The largest absolute Gasteiger partial charge is 0.452 e. The second-order valence-electron chi connectivity index (χ2n) is 28.2. The maximum atomic E-state index is 15.7. The molecule has 0 N–H and O–H groups in total. The van der Waals surface area contributed by atoms with Gasteiger partial charge in [0, 0.05) is 9.81 Å². The molecule has 0 radical (unpaired) electrons. The first kappa shape index (κ1) is 82.0. The minimum Gasteiger partial charge on any atom is -0.452 e. The van der Waals surface area contributed by atoms with Gasteiger partial charge in [-0.15, -0.1) is 0 Å². The molecule has 11 aromatic rings. The van der Waals surface area contributed by atoms with Crippen molar-refractivity contribution in [1.29, 1.82) is 0 Å². The highest BCUT2D eigenvalue weighted by molar-refractivity contribution is 7.99. The van der Waals surface area contributed by atoms with Crippen molar-refractivity contribution in [3.8, 4) is 0 Å². The van der Waals surface area contributed by atoms with Gasteiger partial charge in [-0.1, -0.05) is 314 Å². The third kappa shape index (κ3) is 23.4. The molecule has 3 fully saturated rings. The average Bonchev–Trinajstić information content (AvgIpc) is 0.768. The van der Waals surface area contributed by atoms with E-state index in [0.29, 0.717) is 11.1 Å². The predicted octanol–water partition coefficient (Wildman–Crippen LogP) is 17.6. The molecule has 20 nitrogen and oxygen atoms in total. The molecule has 116 heavy (non-hydrogen) atoms. The van der Waals surface area contributed by atoms with Crippen LogP contribution in [-0.2, 0) is 130 Å². The summed E-state index contributed by atoms with van der Waals surface area (Å²) >= 11 is 1.36. The Morgan fingerprint density at radius 2 is 0.647 bits per heavy atom. The van der Waals surface area contributed by atoms with Crippen LogP contribution in [0.15, 0.2) is 338 Å². The Labute approximate surface area is 680 Å². The lowest BCUT2D eigenvalue weighted by atomic mass is 9.95. The zero-order valence-corrected chi connectivity index (χ0v) is 64.8. The molecule has 0 spiro atoms. The average molecular weight is 1580 g/mol. The number of hydrogen-bond donors (Lipinski definition) is 0. The number of hydrogen-bond acceptors (Lipinski definition) is 19. The van der Waals surface area contributed by atoms with Crippen molar-refractivity contribution < 1.29 is 80.6 Å². The van der Waals surface area contributed by atoms with Gasteiger partial charge >= 0.3 is 11.9 Å².